The van der Waals surface area contributed by atoms with Gasteiger partial charge in [0.1, 0.15) is 5.75 Å². The summed E-state index contributed by atoms with van der Waals surface area (Å²) in [5.41, 5.74) is 5.45. The average molecular weight is 244 g/mol. The van der Waals surface area contributed by atoms with Crippen LogP contribution in [0, 0.1) is 6.92 Å². The van der Waals surface area contributed by atoms with E-state index >= 15 is 0 Å². The zero-order valence-electron chi connectivity index (χ0n) is 11.3. The van der Waals surface area contributed by atoms with Gasteiger partial charge in [-0.3, -0.25) is 0 Å². The van der Waals surface area contributed by atoms with E-state index in [0.29, 0.717) is 0 Å². The average Bonchev–Trinajstić information content (AvgIpc) is 2.62. The number of nitrogens with zero attached hydrogens (tertiary/aromatic N) is 1. The quantitative estimate of drug-likeness (QED) is 0.835. The maximum atomic E-state index is 5.35. The third-order valence-corrected chi connectivity index (χ3v) is 3.98. The summed E-state index contributed by atoms with van der Waals surface area (Å²) in [5, 5.41) is 1.40. The summed E-state index contributed by atoms with van der Waals surface area (Å²) in [7, 11) is 3.92. The normalized spacial score (nSPS) is 16.6. The molecule has 0 saturated carbocycles. The van der Waals surface area contributed by atoms with Gasteiger partial charge >= 0.3 is 0 Å². The summed E-state index contributed by atoms with van der Waals surface area (Å²) in [4.78, 5) is 5.99. The van der Waals surface area contributed by atoms with Crippen LogP contribution in [0.25, 0.3) is 10.9 Å². The highest BCUT2D eigenvalue weighted by atomic mass is 16.5. The van der Waals surface area contributed by atoms with Crippen LogP contribution in [-0.4, -0.2) is 37.1 Å². The lowest BCUT2D eigenvalue weighted by atomic mass is 10.0. The standard InChI is InChI=1S/C15H20N2O/c1-10-8-11(18-3)9-14-15(10)12-4-6-17(2)7-5-13(12)16-14/h8-9,16H,4-7H2,1-3H3. The van der Waals surface area contributed by atoms with Crippen LogP contribution in [0.3, 0.4) is 0 Å². The number of methoxy groups -OCH3 is 1. The summed E-state index contributed by atoms with van der Waals surface area (Å²) in [6, 6.07) is 4.24. The summed E-state index contributed by atoms with van der Waals surface area (Å²) in [6.45, 7) is 4.45. The van der Waals surface area contributed by atoms with Gasteiger partial charge in [0.2, 0.25) is 0 Å². The Hall–Kier alpha value is -1.48. The molecule has 0 radical (unpaired) electrons. The largest absolute Gasteiger partial charge is 0.497 e. The topological polar surface area (TPSA) is 28.3 Å². The van der Waals surface area contributed by atoms with E-state index < -0.39 is 0 Å². The number of aromatic amines is 1. The van der Waals surface area contributed by atoms with Gasteiger partial charge in [0.25, 0.3) is 0 Å². The first-order chi connectivity index (χ1) is 8.69. The first kappa shape index (κ1) is 11.6. The molecule has 18 heavy (non-hydrogen) atoms. The van der Waals surface area contributed by atoms with Crippen molar-refractivity contribution in [3.63, 3.8) is 0 Å². The van der Waals surface area contributed by atoms with Crippen molar-refractivity contribution in [2.24, 2.45) is 0 Å². The van der Waals surface area contributed by atoms with E-state index in [1.165, 1.54) is 27.7 Å². The Morgan fingerprint density at radius 1 is 1.22 bits per heavy atom. The van der Waals surface area contributed by atoms with E-state index in [-0.39, 0.29) is 0 Å². The van der Waals surface area contributed by atoms with Gasteiger partial charge in [-0.2, -0.15) is 0 Å². The lowest BCUT2D eigenvalue weighted by Crippen LogP contribution is -2.21. The first-order valence-corrected chi connectivity index (χ1v) is 6.55. The van der Waals surface area contributed by atoms with Gasteiger partial charge in [-0.25, -0.2) is 0 Å². The van der Waals surface area contributed by atoms with Gasteiger partial charge in [0, 0.05) is 42.2 Å². The maximum absolute atomic E-state index is 5.35. The molecular formula is C15H20N2O. The molecule has 0 spiro atoms. The molecule has 2 aromatic rings. The maximum Gasteiger partial charge on any atom is 0.121 e. The van der Waals surface area contributed by atoms with Crippen LogP contribution in [0.1, 0.15) is 16.8 Å². The number of nitrogens with one attached hydrogen (secondary N) is 1. The van der Waals surface area contributed by atoms with Crippen LogP contribution >= 0.6 is 0 Å². The number of ether oxygens (including phenoxy) is 1. The fourth-order valence-electron chi connectivity index (χ4n) is 2.97. The van der Waals surface area contributed by atoms with Crippen molar-refractivity contribution in [2.45, 2.75) is 19.8 Å². The number of rotatable bonds is 1. The molecular weight excluding hydrogens is 224 g/mol. The molecule has 1 aliphatic rings. The second kappa shape index (κ2) is 4.32. The van der Waals surface area contributed by atoms with Crippen molar-refractivity contribution in [3.05, 3.63) is 29.0 Å². The van der Waals surface area contributed by atoms with Gasteiger partial charge in [0.15, 0.2) is 0 Å². The second-order valence-corrected chi connectivity index (χ2v) is 5.25. The number of aryl methyl sites for hydroxylation is 1. The molecule has 96 valence electrons. The molecule has 0 fully saturated rings. The molecule has 0 amide bonds. The zero-order chi connectivity index (χ0) is 12.7. The molecule has 3 nitrogen and oxygen atoms in total. The molecule has 0 bridgehead atoms. The van der Waals surface area contributed by atoms with Gasteiger partial charge < -0.3 is 14.6 Å². The van der Waals surface area contributed by atoms with Crippen molar-refractivity contribution >= 4 is 10.9 Å². The van der Waals surface area contributed by atoms with Gasteiger partial charge in [0.05, 0.1) is 7.11 Å². The Balaban J connectivity index is 2.17. The Labute approximate surface area is 108 Å². The van der Waals surface area contributed by atoms with Crippen LogP contribution in [0.4, 0.5) is 0 Å². The van der Waals surface area contributed by atoms with E-state index in [4.69, 9.17) is 4.74 Å². The molecule has 1 aliphatic heterocycles. The third kappa shape index (κ3) is 1.79. The minimum absolute atomic E-state index is 0.938. The van der Waals surface area contributed by atoms with Crippen molar-refractivity contribution in [1.29, 1.82) is 0 Å². The van der Waals surface area contributed by atoms with Crippen LogP contribution in [0.2, 0.25) is 0 Å². The van der Waals surface area contributed by atoms with Gasteiger partial charge in [-0.05, 0) is 37.6 Å². The SMILES string of the molecule is COc1cc(C)c2c3c([nH]c2c1)CCN(C)CC3. The summed E-state index contributed by atoms with van der Waals surface area (Å²) >= 11 is 0. The van der Waals surface area contributed by atoms with E-state index in [2.05, 4.69) is 36.0 Å². The van der Waals surface area contributed by atoms with Crippen molar-refractivity contribution < 1.29 is 4.74 Å². The predicted octanol–water partition coefficient (Wildman–Crippen LogP) is 2.52. The first-order valence-electron chi connectivity index (χ1n) is 6.55. The second-order valence-electron chi connectivity index (χ2n) is 5.25. The molecule has 0 saturated heterocycles. The van der Waals surface area contributed by atoms with Crippen molar-refractivity contribution in [3.8, 4) is 5.75 Å². The summed E-state index contributed by atoms with van der Waals surface area (Å²) in [5.74, 6) is 0.938. The Kier molecular flexibility index (Phi) is 2.78. The predicted molar refractivity (Wildman–Crippen MR) is 74.5 cm³/mol. The molecule has 3 heteroatoms. The van der Waals surface area contributed by atoms with Crippen LogP contribution in [0.15, 0.2) is 12.1 Å². The monoisotopic (exact) mass is 244 g/mol. The van der Waals surface area contributed by atoms with Crippen molar-refractivity contribution in [1.82, 2.24) is 9.88 Å². The third-order valence-electron chi connectivity index (χ3n) is 3.98. The summed E-state index contributed by atoms with van der Waals surface area (Å²) < 4.78 is 5.35. The number of hydrogen-bond donors (Lipinski definition) is 1. The minimum atomic E-state index is 0.938. The fraction of sp³-hybridized carbons (Fsp3) is 0.467. The number of hydrogen-bond acceptors (Lipinski definition) is 2. The number of benzene rings is 1. The smallest absolute Gasteiger partial charge is 0.121 e. The van der Waals surface area contributed by atoms with Crippen molar-refractivity contribution in [2.75, 3.05) is 27.2 Å². The Morgan fingerprint density at radius 2 is 2.00 bits per heavy atom. The minimum Gasteiger partial charge on any atom is -0.497 e. The molecule has 1 aromatic carbocycles. The zero-order valence-corrected chi connectivity index (χ0v) is 11.3. The molecule has 0 aliphatic carbocycles. The number of fused-ring (bicyclic) bond motifs is 3. The summed E-state index contributed by atoms with van der Waals surface area (Å²) in [6.07, 6.45) is 2.25. The van der Waals surface area contributed by atoms with E-state index in [1.54, 1.807) is 7.11 Å². The molecule has 0 atom stereocenters. The van der Waals surface area contributed by atoms with E-state index in [1.807, 2.05) is 0 Å². The number of H-pyrrole nitrogens is 1. The van der Waals surface area contributed by atoms with E-state index in [9.17, 15) is 0 Å². The molecule has 1 aromatic heterocycles. The lowest BCUT2D eigenvalue weighted by molar-refractivity contribution is 0.352. The van der Waals surface area contributed by atoms with E-state index in [0.717, 1.165) is 31.7 Å². The number of aromatic nitrogens is 1. The Bertz CT molecular complexity index is 586. The lowest BCUT2D eigenvalue weighted by Gasteiger charge is -2.12. The number of likely N-dealkylation sites (N-methyl/N-ethyl adjacent to an activating group) is 1. The highest BCUT2D eigenvalue weighted by molar-refractivity contribution is 5.89. The molecule has 3 rings (SSSR count). The van der Waals surface area contributed by atoms with Gasteiger partial charge in [-0.1, -0.05) is 0 Å². The molecule has 2 heterocycles. The highest BCUT2D eigenvalue weighted by Gasteiger charge is 2.18. The molecule has 1 N–H and O–H groups in total. The van der Waals surface area contributed by atoms with Gasteiger partial charge in [-0.15, -0.1) is 0 Å². The van der Waals surface area contributed by atoms with Crippen LogP contribution in [-0.2, 0) is 12.8 Å². The molecule has 0 unspecified atom stereocenters. The fourth-order valence-corrected chi connectivity index (χ4v) is 2.97. The highest BCUT2D eigenvalue weighted by Crippen LogP contribution is 2.31. The Morgan fingerprint density at radius 3 is 2.78 bits per heavy atom. The van der Waals surface area contributed by atoms with Crippen LogP contribution < -0.4 is 4.74 Å². The van der Waals surface area contributed by atoms with Crippen LogP contribution in [0.5, 0.6) is 5.75 Å².